The Labute approximate surface area is 185 Å². The van der Waals surface area contributed by atoms with Gasteiger partial charge in [0.1, 0.15) is 12.4 Å². The molecule has 31 heavy (non-hydrogen) atoms. The van der Waals surface area contributed by atoms with Crippen LogP contribution in [0, 0.1) is 12.3 Å². The molecule has 1 aromatic carbocycles. The molecule has 0 heterocycles. The zero-order chi connectivity index (χ0) is 22.9. The second-order valence-corrected chi connectivity index (χ2v) is 7.14. The summed E-state index contributed by atoms with van der Waals surface area (Å²) in [4.78, 5) is 25.0. The quantitative estimate of drug-likeness (QED) is 0.312. The highest BCUT2D eigenvalue weighted by Gasteiger charge is 2.18. The third kappa shape index (κ3) is 11.3. The van der Waals surface area contributed by atoms with E-state index >= 15 is 0 Å². The lowest BCUT2D eigenvalue weighted by Gasteiger charge is -2.22. The molecule has 0 spiro atoms. The van der Waals surface area contributed by atoms with E-state index < -0.39 is 18.2 Å². The number of carboxylic acids is 1. The molecule has 0 saturated carbocycles. The first-order valence-corrected chi connectivity index (χ1v) is 10.9. The Hall–Kier alpha value is -2.72. The lowest BCUT2D eigenvalue weighted by molar-refractivity contribution is -0.149. The van der Waals surface area contributed by atoms with Crippen molar-refractivity contribution >= 4 is 12.1 Å². The zero-order valence-corrected chi connectivity index (χ0v) is 18.7. The van der Waals surface area contributed by atoms with Crippen LogP contribution in [0.1, 0.15) is 51.5 Å². The summed E-state index contributed by atoms with van der Waals surface area (Å²) < 4.78 is 16.1. The molecule has 0 saturated heterocycles. The highest BCUT2D eigenvalue weighted by Crippen LogP contribution is 2.15. The van der Waals surface area contributed by atoms with Crippen LogP contribution in [0.4, 0.5) is 4.79 Å². The number of aliphatic carboxylic acids is 1. The maximum atomic E-state index is 12.2. The van der Waals surface area contributed by atoms with Gasteiger partial charge < -0.3 is 24.2 Å². The van der Waals surface area contributed by atoms with E-state index in [1.807, 2.05) is 12.1 Å². The van der Waals surface area contributed by atoms with Gasteiger partial charge in [0.05, 0.1) is 6.54 Å². The van der Waals surface area contributed by atoms with Crippen molar-refractivity contribution in [3.05, 3.63) is 29.8 Å². The minimum atomic E-state index is -0.978. The van der Waals surface area contributed by atoms with Crippen LogP contribution in [0.25, 0.3) is 0 Å². The Bertz CT molecular complexity index is 682. The summed E-state index contributed by atoms with van der Waals surface area (Å²) in [6.45, 7) is 5.54. The molecule has 1 amide bonds. The van der Waals surface area contributed by atoms with E-state index in [1.54, 1.807) is 24.0 Å². The van der Waals surface area contributed by atoms with Gasteiger partial charge in [-0.3, -0.25) is 0 Å². The van der Waals surface area contributed by atoms with Gasteiger partial charge in [-0.25, -0.2) is 9.59 Å². The highest BCUT2D eigenvalue weighted by molar-refractivity contribution is 5.72. The summed E-state index contributed by atoms with van der Waals surface area (Å²) in [6.07, 6.45) is 9.65. The van der Waals surface area contributed by atoms with Gasteiger partial charge in [0, 0.05) is 19.6 Å². The number of carbonyl (C=O) groups excluding carboxylic acids is 1. The second kappa shape index (κ2) is 16.0. The first kappa shape index (κ1) is 26.3. The molecule has 1 aromatic rings. The maximum absolute atomic E-state index is 12.2. The minimum absolute atomic E-state index is 0.0490. The molecule has 0 radical (unpaired) electrons. The van der Waals surface area contributed by atoms with Crippen molar-refractivity contribution in [1.82, 2.24) is 4.90 Å². The van der Waals surface area contributed by atoms with E-state index in [0.29, 0.717) is 32.1 Å². The van der Waals surface area contributed by atoms with Crippen LogP contribution in [-0.4, -0.2) is 61.1 Å². The number of unbranched alkanes of at least 4 members (excludes halogenated alkanes) is 4. The lowest BCUT2D eigenvalue weighted by atomic mass is 10.1. The molecule has 1 atom stereocenters. The number of carboxylic acid groups (broad SMARTS) is 1. The third-order valence-corrected chi connectivity index (χ3v) is 4.69. The van der Waals surface area contributed by atoms with Gasteiger partial charge in [0.15, 0.2) is 12.7 Å². The van der Waals surface area contributed by atoms with Crippen molar-refractivity contribution in [3.8, 4) is 18.1 Å². The third-order valence-electron chi connectivity index (χ3n) is 4.69. The van der Waals surface area contributed by atoms with Gasteiger partial charge in [-0.2, -0.15) is 0 Å². The summed E-state index contributed by atoms with van der Waals surface area (Å²) >= 11 is 0. The molecule has 0 aromatic heterocycles. The monoisotopic (exact) mass is 433 g/mol. The van der Waals surface area contributed by atoms with Gasteiger partial charge in [-0.1, -0.05) is 50.7 Å². The molecule has 0 aliphatic rings. The van der Waals surface area contributed by atoms with Crippen LogP contribution in [-0.2, 0) is 20.7 Å². The average Bonchev–Trinajstić information content (AvgIpc) is 2.76. The van der Waals surface area contributed by atoms with Crippen LogP contribution in [0.15, 0.2) is 24.3 Å². The van der Waals surface area contributed by atoms with E-state index in [0.717, 1.165) is 24.8 Å². The fourth-order valence-corrected chi connectivity index (χ4v) is 3.02. The fourth-order valence-electron chi connectivity index (χ4n) is 3.02. The van der Waals surface area contributed by atoms with Crippen molar-refractivity contribution in [2.75, 3.05) is 32.9 Å². The Balaban J connectivity index is 2.52. The largest absolute Gasteiger partial charge is 0.492 e. The van der Waals surface area contributed by atoms with E-state index in [4.69, 9.17) is 20.6 Å². The van der Waals surface area contributed by atoms with E-state index in [9.17, 15) is 14.7 Å². The number of hydrogen-bond acceptors (Lipinski definition) is 5. The van der Waals surface area contributed by atoms with Crippen molar-refractivity contribution in [3.63, 3.8) is 0 Å². The van der Waals surface area contributed by atoms with E-state index in [2.05, 4.69) is 12.8 Å². The molecule has 1 N–H and O–H groups in total. The number of amides is 1. The normalized spacial score (nSPS) is 11.4. The van der Waals surface area contributed by atoms with Gasteiger partial charge in [-0.05, 0) is 31.0 Å². The molecule has 7 heteroatoms. The molecule has 172 valence electrons. The highest BCUT2D eigenvalue weighted by atomic mass is 16.6. The summed E-state index contributed by atoms with van der Waals surface area (Å²) in [6, 6.07) is 7.20. The maximum Gasteiger partial charge on any atom is 0.410 e. The Morgan fingerprint density at radius 2 is 1.81 bits per heavy atom. The number of ether oxygens (including phenoxy) is 3. The van der Waals surface area contributed by atoms with Crippen LogP contribution in [0.3, 0.4) is 0 Å². The topological polar surface area (TPSA) is 85.3 Å². The molecule has 7 nitrogen and oxygen atoms in total. The second-order valence-electron chi connectivity index (χ2n) is 7.14. The lowest BCUT2D eigenvalue weighted by Crippen LogP contribution is -2.36. The smallest absolute Gasteiger partial charge is 0.410 e. The van der Waals surface area contributed by atoms with Crippen LogP contribution in [0.2, 0.25) is 0 Å². The fraction of sp³-hybridized carbons (Fsp3) is 0.583. The molecular weight excluding hydrogens is 398 g/mol. The molecule has 0 fully saturated rings. The Morgan fingerprint density at radius 3 is 2.42 bits per heavy atom. The van der Waals surface area contributed by atoms with Crippen LogP contribution < -0.4 is 4.74 Å². The van der Waals surface area contributed by atoms with Crippen LogP contribution in [0.5, 0.6) is 5.75 Å². The molecule has 0 bridgehead atoms. The number of hydrogen-bond donors (Lipinski definition) is 1. The predicted octanol–water partition coefficient (Wildman–Crippen LogP) is 4.14. The summed E-state index contributed by atoms with van der Waals surface area (Å²) in [5.74, 6) is 1.97. The Kier molecular flexibility index (Phi) is 13.6. The number of nitrogens with zero attached hydrogens (tertiary/aromatic N) is 1. The standard InChI is InChI=1S/C24H35NO6/c1-4-7-8-9-10-15-25(24(28)31-17-5-2)16-18-30-21-13-11-20(12-14-21)19-22(23(26)27)29-6-3/h2,11-14,22H,4,6-10,15-19H2,1,3H3,(H,26,27). The Morgan fingerprint density at radius 1 is 1.10 bits per heavy atom. The predicted molar refractivity (Wildman–Crippen MR) is 119 cm³/mol. The van der Waals surface area contributed by atoms with Gasteiger partial charge in [-0.15, -0.1) is 6.42 Å². The molecule has 1 unspecified atom stereocenters. The SMILES string of the molecule is C#CCOC(=O)N(CCCCCCC)CCOc1ccc(CC(OCC)C(=O)O)cc1. The molecule has 0 aliphatic carbocycles. The first-order chi connectivity index (χ1) is 15.0. The van der Waals surface area contributed by atoms with E-state index in [-0.39, 0.29) is 13.0 Å². The van der Waals surface area contributed by atoms with Gasteiger partial charge >= 0.3 is 12.1 Å². The average molecular weight is 434 g/mol. The summed E-state index contributed by atoms with van der Waals surface area (Å²) in [5.41, 5.74) is 0.847. The van der Waals surface area contributed by atoms with Crippen LogP contribution >= 0.6 is 0 Å². The minimum Gasteiger partial charge on any atom is -0.492 e. The summed E-state index contributed by atoms with van der Waals surface area (Å²) in [7, 11) is 0. The molecular formula is C24H35NO6. The summed E-state index contributed by atoms with van der Waals surface area (Å²) in [5, 5.41) is 9.19. The molecule has 0 aliphatic heterocycles. The number of terminal acetylenes is 1. The number of rotatable bonds is 16. The zero-order valence-electron chi connectivity index (χ0n) is 18.7. The van der Waals surface area contributed by atoms with Crippen molar-refractivity contribution in [1.29, 1.82) is 0 Å². The first-order valence-electron chi connectivity index (χ1n) is 10.9. The van der Waals surface area contributed by atoms with Gasteiger partial charge in [0.25, 0.3) is 0 Å². The van der Waals surface area contributed by atoms with Crippen molar-refractivity contribution in [2.45, 2.75) is 58.5 Å². The van der Waals surface area contributed by atoms with E-state index in [1.165, 1.54) is 12.8 Å². The van der Waals surface area contributed by atoms with Gasteiger partial charge in [0.2, 0.25) is 0 Å². The van der Waals surface area contributed by atoms with Crippen molar-refractivity contribution < 1.29 is 28.9 Å². The number of carbonyl (C=O) groups is 2. The number of benzene rings is 1. The van der Waals surface area contributed by atoms with Crippen molar-refractivity contribution in [2.24, 2.45) is 0 Å². The molecule has 1 rings (SSSR count).